The second kappa shape index (κ2) is 13.0. The predicted molar refractivity (Wildman–Crippen MR) is 142 cm³/mol. The first-order valence-electron chi connectivity index (χ1n) is 10.3. The van der Waals surface area contributed by atoms with Crippen LogP contribution in [0.4, 0.5) is 0 Å². The molecule has 4 aromatic carbocycles. The maximum Gasteiger partial charge on any atom is 0.0633 e. The third-order valence-electron chi connectivity index (χ3n) is 5.09. The molecular formula is C27H24Cl2P2Pd. The van der Waals surface area contributed by atoms with Gasteiger partial charge < -0.3 is 0 Å². The topological polar surface area (TPSA) is 0 Å². The number of hydrogen-bond acceptors (Lipinski definition) is 0. The van der Waals surface area contributed by atoms with Gasteiger partial charge in [-0.1, -0.05) is 121 Å². The SMILES string of the molecule is ClC(CC(Cl)P(c1ccccc1)c1ccccc1)P(c1ccccc1)c1ccccc1.[Pd]. The van der Waals surface area contributed by atoms with Crippen molar-refractivity contribution in [2.45, 2.75) is 16.7 Å². The molecule has 4 aromatic rings. The average molecular weight is 588 g/mol. The summed E-state index contributed by atoms with van der Waals surface area (Å²) in [6.07, 6.45) is 0.744. The molecule has 0 saturated heterocycles. The van der Waals surface area contributed by atoms with E-state index in [0.29, 0.717) is 0 Å². The van der Waals surface area contributed by atoms with Crippen LogP contribution < -0.4 is 21.2 Å². The van der Waals surface area contributed by atoms with Gasteiger partial charge in [-0.2, -0.15) is 0 Å². The zero-order chi connectivity index (χ0) is 21.5. The molecule has 0 N–H and O–H groups in total. The van der Waals surface area contributed by atoms with Crippen molar-refractivity contribution in [2.75, 3.05) is 0 Å². The third-order valence-corrected chi connectivity index (χ3v) is 11.6. The number of benzene rings is 4. The van der Waals surface area contributed by atoms with E-state index in [2.05, 4.69) is 121 Å². The van der Waals surface area contributed by atoms with Gasteiger partial charge in [0, 0.05) is 20.4 Å². The van der Waals surface area contributed by atoms with Crippen LogP contribution in [0.5, 0.6) is 0 Å². The fraction of sp³-hybridized carbons (Fsp3) is 0.111. The molecule has 0 aliphatic rings. The van der Waals surface area contributed by atoms with Crippen LogP contribution in [0, 0.1) is 0 Å². The fourth-order valence-electron chi connectivity index (χ4n) is 3.67. The summed E-state index contributed by atoms with van der Waals surface area (Å²) in [5, 5.41) is 5.04. The van der Waals surface area contributed by atoms with Crippen LogP contribution in [0.25, 0.3) is 0 Å². The fourth-order valence-corrected chi connectivity index (χ4v) is 10.6. The van der Waals surface area contributed by atoms with Crippen LogP contribution >= 0.6 is 39.0 Å². The van der Waals surface area contributed by atoms with Gasteiger partial charge >= 0.3 is 0 Å². The van der Waals surface area contributed by atoms with Gasteiger partial charge in [0.05, 0.1) is 10.2 Å². The molecule has 0 saturated carbocycles. The first kappa shape index (κ1) is 25.6. The number of hydrogen-bond donors (Lipinski definition) is 0. The van der Waals surface area contributed by atoms with E-state index in [0.717, 1.165) is 6.42 Å². The van der Waals surface area contributed by atoms with Crippen molar-refractivity contribution in [1.82, 2.24) is 0 Å². The van der Waals surface area contributed by atoms with E-state index in [-0.39, 0.29) is 30.7 Å². The van der Waals surface area contributed by atoms with E-state index >= 15 is 0 Å². The summed E-state index contributed by atoms with van der Waals surface area (Å²) in [4.78, 5) is 0. The minimum Gasteiger partial charge on any atom is -0.117 e. The Morgan fingerprint density at radius 3 is 0.875 bits per heavy atom. The van der Waals surface area contributed by atoms with Gasteiger partial charge in [-0.3, -0.25) is 0 Å². The first-order chi connectivity index (χ1) is 15.2. The Balaban J connectivity index is 0.00000289. The molecule has 0 bridgehead atoms. The minimum atomic E-state index is -0.716. The molecule has 0 heterocycles. The molecule has 2 atom stereocenters. The van der Waals surface area contributed by atoms with Crippen LogP contribution in [0.1, 0.15) is 6.42 Å². The van der Waals surface area contributed by atoms with E-state index in [1.807, 2.05) is 0 Å². The van der Waals surface area contributed by atoms with Crippen LogP contribution in [-0.4, -0.2) is 10.2 Å². The molecule has 32 heavy (non-hydrogen) atoms. The van der Waals surface area contributed by atoms with Crippen molar-refractivity contribution < 1.29 is 20.4 Å². The molecule has 4 rings (SSSR count). The maximum atomic E-state index is 7.18. The van der Waals surface area contributed by atoms with Gasteiger partial charge in [-0.25, -0.2) is 0 Å². The van der Waals surface area contributed by atoms with Gasteiger partial charge in [0.15, 0.2) is 0 Å². The number of alkyl halides is 2. The first-order valence-corrected chi connectivity index (χ1v) is 14.0. The summed E-state index contributed by atoms with van der Waals surface area (Å²) in [5.41, 5.74) is 0. The summed E-state index contributed by atoms with van der Waals surface area (Å²) < 4.78 is 0. The van der Waals surface area contributed by atoms with Crippen molar-refractivity contribution in [1.29, 1.82) is 0 Å². The largest absolute Gasteiger partial charge is 0.117 e. The van der Waals surface area contributed by atoms with Gasteiger partial charge in [-0.15, -0.1) is 23.2 Å². The van der Waals surface area contributed by atoms with Crippen LogP contribution in [0.3, 0.4) is 0 Å². The standard InChI is InChI=1S/C27H24Cl2P2.Pd/c28-26(30(22-13-5-1-6-14-22)23-15-7-2-8-16-23)21-27(29)31(24-17-9-3-10-18-24)25-19-11-4-12-20-25;/h1-20,26-27H,21H2;. The van der Waals surface area contributed by atoms with Gasteiger partial charge in [-0.05, 0) is 43.5 Å². The Bertz CT molecular complexity index is 884. The molecule has 0 fully saturated rings. The van der Waals surface area contributed by atoms with Gasteiger partial charge in [0.25, 0.3) is 0 Å². The summed E-state index contributed by atoms with van der Waals surface area (Å²) in [7, 11) is -1.43. The monoisotopic (exact) mass is 586 g/mol. The van der Waals surface area contributed by atoms with Crippen molar-refractivity contribution in [3.05, 3.63) is 121 Å². The zero-order valence-corrected chi connectivity index (χ0v) is 22.2. The summed E-state index contributed by atoms with van der Waals surface area (Å²) in [5.74, 6) is 0. The molecule has 166 valence electrons. The minimum absolute atomic E-state index is 0. The Morgan fingerprint density at radius 1 is 0.438 bits per heavy atom. The Labute approximate surface area is 217 Å². The van der Waals surface area contributed by atoms with E-state index in [1.165, 1.54) is 21.2 Å². The van der Waals surface area contributed by atoms with E-state index < -0.39 is 15.8 Å². The van der Waals surface area contributed by atoms with Crippen molar-refractivity contribution in [3.8, 4) is 0 Å². The Morgan fingerprint density at radius 2 is 0.656 bits per heavy atom. The number of halogens is 2. The van der Waals surface area contributed by atoms with Gasteiger partial charge in [0.1, 0.15) is 0 Å². The van der Waals surface area contributed by atoms with Crippen LogP contribution in [0.15, 0.2) is 121 Å². The van der Waals surface area contributed by atoms with Crippen molar-refractivity contribution in [3.63, 3.8) is 0 Å². The summed E-state index contributed by atoms with van der Waals surface area (Å²) in [6.45, 7) is 0. The molecular weight excluding hydrogens is 564 g/mol. The molecule has 0 aliphatic heterocycles. The zero-order valence-electron chi connectivity index (χ0n) is 17.4. The van der Waals surface area contributed by atoms with E-state index in [9.17, 15) is 0 Å². The van der Waals surface area contributed by atoms with Crippen molar-refractivity contribution in [2.24, 2.45) is 0 Å². The normalized spacial score (nSPS) is 12.9. The second-order valence-corrected chi connectivity index (χ2v) is 13.6. The Kier molecular flexibility index (Phi) is 10.4. The molecule has 0 amide bonds. The molecule has 5 heteroatoms. The maximum absolute atomic E-state index is 7.18. The van der Waals surface area contributed by atoms with Crippen LogP contribution in [0.2, 0.25) is 0 Å². The summed E-state index contributed by atoms with van der Waals surface area (Å²) >= 11 is 14.4. The molecule has 0 radical (unpaired) electrons. The van der Waals surface area contributed by atoms with Gasteiger partial charge in [0.2, 0.25) is 0 Å². The van der Waals surface area contributed by atoms with E-state index in [1.54, 1.807) is 0 Å². The van der Waals surface area contributed by atoms with Crippen molar-refractivity contribution >= 4 is 60.3 Å². The number of rotatable bonds is 8. The molecule has 0 spiro atoms. The molecule has 0 nitrogen and oxygen atoms in total. The second-order valence-electron chi connectivity index (χ2n) is 7.19. The smallest absolute Gasteiger partial charge is 0.0633 e. The van der Waals surface area contributed by atoms with Crippen LogP contribution in [-0.2, 0) is 20.4 Å². The molecule has 0 aromatic heterocycles. The quantitative estimate of drug-likeness (QED) is 0.121. The van der Waals surface area contributed by atoms with E-state index in [4.69, 9.17) is 23.2 Å². The predicted octanol–water partition coefficient (Wildman–Crippen LogP) is 6.77. The Hall–Kier alpha value is -1.02. The molecule has 2 unspecified atom stereocenters. The summed E-state index contributed by atoms with van der Waals surface area (Å²) in [6, 6.07) is 42.5. The third kappa shape index (κ3) is 6.52. The molecule has 0 aliphatic carbocycles. The average Bonchev–Trinajstić information content (AvgIpc) is 2.82.